The number of hydrogen-bond acceptors (Lipinski definition) is 3. The molecule has 3 rings (SSSR count). The van der Waals surface area contributed by atoms with E-state index >= 15 is 0 Å². The molecule has 2 aliphatic heterocycles. The number of thioether (sulfide) groups is 1. The van der Waals surface area contributed by atoms with Crippen molar-refractivity contribution in [1.82, 2.24) is 0 Å². The van der Waals surface area contributed by atoms with Crippen LogP contribution < -0.4 is 10.6 Å². The van der Waals surface area contributed by atoms with Gasteiger partial charge in [0.25, 0.3) is 0 Å². The van der Waals surface area contributed by atoms with Crippen LogP contribution in [0, 0.1) is 5.92 Å². The van der Waals surface area contributed by atoms with E-state index in [9.17, 15) is 4.79 Å². The number of amides is 1. The molecule has 0 aliphatic carbocycles. The van der Waals surface area contributed by atoms with E-state index in [1.807, 2.05) is 34.9 Å². The smallest absolute Gasteiger partial charge is 0.230 e. The molecule has 2 N–H and O–H groups in total. The molecule has 1 fully saturated rings. The van der Waals surface area contributed by atoms with E-state index in [2.05, 4.69) is 0 Å². The highest BCUT2D eigenvalue weighted by molar-refractivity contribution is 7.99. The molecule has 2 aliphatic rings. The van der Waals surface area contributed by atoms with Crippen molar-refractivity contribution in [2.24, 2.45) is 5.92 Å². The van der Waals surface area contributed by atoms with Crippen molar-refractivity contribution >= 4 is 29.0 Å². The van der Waals surface area contributed by atoms with Crippen LogP contribution >= 0.6 is 11.8 Å². The summed E-state index contributed by atoms with van der Waals surface area (Å²) in [6, 6.07) is 5.93. The Morgan fingerprint density at radius 2 is 2.11 bits per heavy atom. The van der Waals surface area contributed by atoms with Crippen LogP contribution in [0.3, 0.4) is 0 Å². The number of nitrogens with two attached hydrogens (primary N) is 1. The molecular weight excluding hydrogens is 256 g/mol. The van der Waals surface area contributed by atoms with E-state index < -0.39 is 0 Å². The monoisotopic (exact) mass is 276 g/mol. The summed E-state index contributed by atoms with van der Waals surface area (Å²) in [5, 5.41) is 0. The van der Waals surface area contributed by atoms with Crippen LogP contribution in [-0.2, 0) is 11.2 Å². The summed E-state index contributed by atoms with van der Waals surface area (Å²) < 4.78 is 0. The third kappa shape index (κ3) is 2.46. The van der Waals surface area contributed by atoms with Crippen LogP contribution in [0.25, 0.3) is 0 Å². The van der Waals surface area contributed by atoms with Crippen molar-refractivity contribution in [3.63, 3.8) is 0 Å². The third-order valence-corrected chi connectivity index (χ3v) is 5.17. The van der Waals surface area contributed by atoms with Gasteiger partial charge in [-0.15, -0.1) is 0 Å². The van der Waals surface area contributed by atoms with Gasteiger partial charge < -0.3 is 10.6 Å². The van der Waals surface area contributed by atoms with Crippen LogP contribution in [0.15, 0.2) is 18.2 Å². The molecular formula is C15H20N2OS. The summed E-state index contributed by atoms with van der Waals surface area (Å²) in [7, 11) is 0. The number of nitrogen functional groups attached to an aromatic ring is 1. The van der Waals surface area contributed by atoms with Crippen LogP contribution in [-0.4, -0.2) is 24.0 Å². The van der Waals surface area contributed by atoms with Gasteiger partial charge in [-0.3, -0.25) is 4.79 Å². The maximum Gasteiger partial charge on any atom is 0.230 e. The average Bonchev–Trinajstić information content (AvgIpc) is 2.47. The van der Waals surface area contributed by atoms with E-state index in [1.165, 1.54) is 0 Å². The number of fused-ring (bicyclic) bond motifs is 1. The van der Waals surface area contributed by atoms with Gasteiger partial charge in [0.15, 0.2) is 0 Å². The van der Waals surface area contributed by atoms with Crippen LogP contribution in [0.1, 0.15) is 24.8 Å². The molecule has 1 aromatic rings. The highest BCUT2D eigenvalue weighted by Crippen LogP contribution is 2.34. The van der Waals surface area contributed by atoms with Gasteiger partial charge >= 0.3 is 0 Å². The van der Waals surface area contributed by atoms with Gasteiger partial charge in [-0.05, 0) is 54.9 Å². The van der Waals surface area contributed by atoms with Gasteiger partial charge in [-0.2, -0.15) is 11.8 Å². The second-order valence-corrected chi connectivity index (χ2v) is 6.55. The Balaban J connectivity index is 1.86. The van der Waals surface area contributed by atoms with Gasteiger partial charge in [0.2, 0.25) is 5.91 Å². The van der Waals surface area contributed by atoms with Gasteiger partial charge in [0, 0.05) is 23.8 Å². The lowest BCUT2D eigenvalue weighted by molar-refractivity contribution is -0.122. The van der Waals surface area contributed by atoms with E-state index in [4.69, 9.17) is 5.73 Å². The molecule has 3 nitrogen and oxygen atoms in total. The Morgan fingerprint density at radius 1 is 1.32 bits per heavy atom. The van der Waals surface area contributed by atoms with Crippen LogP contribution in [0.4, 0.5) is 11.4 Å². The van der Waals surface area contributed by atoms with Gasteiger partial charge in [-0.1, -0.05) is 6.07 Å². The molecule has 1 saturated heterocycles. The Labute approximate surface area is 118 Å². The number of rotatable bonds is 1. The van der Waals surface area contributed by atoms with Crippen LogP contribution in [0.2, 0.25) is 0 Å². The quantitative estimate of drug-likeness (QED) is 0.802. The molecule has 0 aromatic heterocycles. The fraction of sp³-hybridized carbons (Fsp3) is 0.533. The summed E-state index contributed by atoms with van der Waals surface area (Å²) >= 11 is 1.96. The molecule has 0 saturated carbocycles. The fourth-order valence-corrected chi connectivity index (χ4v) is 4.15. The van der Waals surface area contributed by atoms with Crippen molar-refractivity contribution in [3.05, 3.63) is 23.8 Å². The van der Waals surface area contributed by atoms with Crippen molar-refractivity contribution in [2.45, 2.75) is 25.7 Å². The van der Waals surface area contributed by atoms with E-state index in [0.717, 1.165) is 60.7 Å². The van der Waals surface area contributed by atoms with Crippen molar-refractivity contribution in [3.8, 4) is 0 Å². The first-order valence-corrected chi connectivity index (χ1v) is 8.19. The lowest BCUT2D eigenvalue weighted by Gasteiger charge is -2.34. The third-order valence-electron chi connectivity index (χ3n) is 4.12. The number of carbonyl (C=O) groups excluding carboxylic acids is 1. The van der Waals surface area contributed by atoms with Crippen molar-refractivity contribution in [2.75, 3.05) is 28.7 Å². The number of nitrogens with zero attached hydrogens (tertiary/aromatic N) is 1. The number of hydrogen-bond donors (Lipinski definition) is 1. The average molecular weight is 276 g/mol. The molecule has 102 valence electrons. The maximum absolute atomic E-state index is 12.7. The molecule has 0 radical (unpaired) electrons. The second kappa shape index (κ2) is 5.45. The highest BCUT2D eigenvalue weighted by atomic mass is 32.2. The lowest BCUT2D eigenvalue weighted by atomic mass is 9.96. The molecule has 1 amide bonds. The number of anilines is 2. The molecule has 4 heteroatoms. The molecule has 2 heterocycles. The minimum atomic E-state index is 0.216. The Bertz CT molecular complexity index is 483. The lowest BCUT2D eigenvalue weighted by Crippen LogP contribution is -2.40. The van der Waals surface area contributed by atoms with E-state index in [-0.39, 0.29) is 5.92 Å². The standard InChI is InChI=1S/C15H20N2OS/c16-13-4-1-5-14-12(13)3-2-8-17(14)15(18)11-6-9-19-10-7-11/h1,4-5,11H,2-3,6-10,16H2. The Hall–Kier alpha value is -1.16. The zero-order valence-electron chi connectivity index (χ0n) is 11.1. The Kier molecular flexibility index (Phi) is 3.69. The first-order valence-electron chi connectivity index (χ1n) is 7.04. The first-order chi connectivity index (χ1) is 9.27. The molecule has 0 bridgehead atoms. The van der Waals surface area contributed by atoms with Gasteiger partial charge in [0.05, 0.1) is 0 Å². The minimum Gasteiger partial charge on any atom is -0.398 e. The summed E-state index contributed by atoms with van der Waals surface area (Å²) in [6.07, 6.45) is 4.07. The summed E-state index contributed by atoms with van der Waals surface area (Å²) in [5.41, 5.74) is 9.08. The zero-order chi connectivity index (χ0) is 13.2. The largest absolute Gasteiger partial charge is 0.398 e. The maximum atomic E-state index is 12.7. The highest BCUT2D eigenvalue weighted by Gasteiger charge is 2.30. The van der Waals surface area contributed by atoms with Gasteiger partial charge in [0.1, 0.15) is 0 Å². The van der Waals surface area contributed by atoms with Crippen molar-refractivity contribution in [1.29, 1.82) is 0 Å². The Morgan fingerprint density at radius 3 is 2.89 bits per heavy atom. The zero-order valence-corrected chi connectivity index (χ0v) is 11.9. The predicted octanol–water partition coefficient (Wildman–Crippen LogP) is 2.69. The molecule has 1 aromatic carbocycles. The topological polar surface area (TPSA) is 46.3 Å². The summed E-state index contributed by atoms with van der Waals surface area (Å²) in [6.45, 7) is 0.846. The number of benzene rings is 1. The van der Waals surface area contributed by atoms with E-state index in [0.29, 0.717) is 5.91 Å². The molecule has 19 heavy (non-hydrogen) atoms. The van der Waals surface area contributed by atoms with Gasteiger partial charge in [-0.25, -0.2) is 0 Å². The summed E-state index contributed by atoms with van der Waals surface area (Å²) in [5.74, 6) is 2.77. The number of carbonyl (C=O) groups is 1. The first kappa shape index (κ1) is 12.9. The minimum absolute atomic E-state index is 0.216. The van der Waals surface area contributed by atoms with E-state index in [1.54, 1.807) is 0 Å². The normalized spacial score (nSPS) is 20.1. The SMILES string of the molecule is Nc1cccc2c1CCCN2C(=O)C1CCSCC1. The predicted molar refractivity (Wildman–Crippen MR) is 81.6 cm³/mol. The van der Waals surface area contributed by atoms with Crippen molar-refractivity contribution < 1.29 is 4.79 Å². The molecule has 0 spiro atoms. The fourth-order valence-electron chi connectivity index (χ4n) is 3.05. The summed E-state index contributed by atoms with van der Waals surface area (Å²) in [4.78, 5) is 14.7. The molecule has 0 atom stereocenters. The van der Waals surface area contributed by atoms with Crippen LogP contribution in [0.5, 0.6) is 0 Å². The second-order valence-electron chi connectivity index (χ2n) is 5.32. The molecule has 0 unspecified atom stereocenters.